The lowest BCUT2D eigenvalue weighted by Crippen LogP contribution is -2.13. The summed E-state index contributed by atoms with van der Waals surface area (Å²) in [6.07, 6.45) is 3.33. The van der Waals surface area contributed by atoms with Crippen LogP contribution in [0.4, 0.5) is 11.4 Å². The Morgan fingerprint density at radius 1 is 1.30 bits per heavy atom. The van der Waals surface area contributed by atoms with Crippen LogP contribution in [0.5, 0.6) is 5.75 Å². The van der Waals surface area contributed by atoms with Crippen molar-refractivity contribution < 1.29 is 14.3 Å². The Bertz CT molecular complexity index is 422. The summed E-state index contributed by atoms with van der Waals surface area (Å²) in [6.45, 7) is 3.51. The van der Waals surface area contributed by atoms with Crippen LogP contribution in [0.3, 0.4) is 0 Å². The summed E-state index contributed by atoms with van der Waals surface area (Å²) in [5.41, 5.74) is 6.95. The number of hydrogen-bond donors (Lipinski definition) is 2. The molecule has 1 aromatic rings. The van der Waals surface area contributed by atoms with Crippen molar-refractivity contribution in [3.05, 3.63) is 18.2 Å². The minimum Gasteiger partial charge on any atom is -0.497 e. The van der Waals surface area contributed by atoms with E-state index >= 15 is 0 Å². The maximum absolute atomic E-state index is 11.8. The van der Waals surface area contributed by atoms with Crippen LogP contribution in [-0.4, -0.2) is 26.2 Å². The molecule has 0 aromatic heterocycles. The Hall–Kier alpha value is -1.75. The summed E-state index contributed by atoms with van der Waals surface area (Å²) >= 11 is 0. The molecule has 0 spiro atoms. The third-order valence-electron chi connectivity index (χ3n) is 2.87. The molecule has 20 heavy (non-hydrogen) atoms. The molecule has 0 atom stereocenters. The van der Waals surface area contributed by atoms with Gasteiger partial charge in [-0.25, -0.2) is 0 Å². The van der Waals surface area contributed by atoms with Crippen LogP contribution in [0.1, 0.15) is 32.6 Å². The van der Waals surface area contributed by atoms with Gasteiger partial charge in [0, 0.05) is 25.7 Å². The molecule has 0 radical (unpaired) electrons. The Morgan fingerprint density at radius 2 is 2.05 bits per heavy atom. The minimum absolute atomic E-state index is 0.0547. The van der Waals surface area contributed by atoms with E-state index in [9.17, 15) is 4.79 Å². The molecule has 0 fully saturated rings. The van der Waals surface area contributed by atoms with E-state index in [1.54, 1.807) is 25.3 Å². The molecule has 1 rings (SSSR count). The number of anilines is 2. The fourth-order valence-electron chi connectivity index (χ4n) is 1.68. The van der Waals surface area contributed by atoms with Gasteiger partial charge in [-0.05, 0) is 25.0 Å². The second-order valence-corrected chi connectivity index (χ2v) is 4.57. The molecule has 0 aliphatic carbocycles. The number of unbranched alkanes of at least 4 members (excludes halogenated alkanes) is 1. The van der Waals surface area contributed by atoms with Crippen LogP contribution in [0.15, 0.2) is 18.2 Å². The van der Waals surface area contributed by atoms with E-state index in [-0.39, 0.29) is 5.91 Å². The molecule has 1 aromatic carbocycles. The molecule has 0 saturated heterocycles. The lowest BCUT2D eigenvalue weighted by molar-refractivity contribution is -0.116. The predicted molar refractivity (Wildman–Crippen MR) is 81.0 cm³/mol. The summed E-state index contributed by atoms with van der Waals surface area (Å²) in [6, 6.07) is 5.19. The van der Waals surface area contributed by atoms with E-state index in [0.717, 1.165) is 19.4 Å². The van der Waals surface area contributed by atoms with Crippen molar-refractivity contribution in [1.82, 2.24) is 0 Å². The molecule has 5 heteroatoms. The van der Waals surface area contributed by atoms with Gasteiger partial charge in [0.25, 0.3) is 0 Å². The molecule has 0 aliphatic rings. The van der Waals surface area contributed by atoms with Gasteiger partial charge in [-0.1, -0.05) is 13.3 Å². The summed E-state index contributed by atoms with van der Waals surface area (Å²) < 4.78 is 10.5. The summed E-state index contributed by atoms with van der Waals surface area (Å²) in [4.78, 5) is 11.8. The minimum atomic E-state index is -0.0547. The number of nitrogen functional groups attached to an aromatic ring is 1. The van der Waals surface area contributed by atoms with Crippen molar-refractivity contribution in [2.75, 3.05) is 31.4 Å². The van der Waals surface area contributed by atoms with Gasteiger partial charge in [-0.3, -0.25) is 4.79 Å². The van der Waals surface area contributed by atoms with Gasteiger partial charge in [-0.15, -0.1) is 0 Å². The van der Waals surface area contributed by atoms with E-state index in [2.05, 4.69) is 12.2 Å². The standard InChI is InChI=1S/C15H24N2O3/c1-3-4-9-20-10-5-6-15(18)17-14-8-7-12(19-2)11-13(14)16/h7-8,11H,3-6,9-10,16H2,1-2H3,(H,17,18). The second-order valence-electron chi connectivity index (χ2n) is 4.57. The Balaban J connectivity index is 2.28. The molecule has 0 aliphatic heterocycles. The number of methoxy groups -OCH3 is 1. The highest BCUT2D eigenvalue weighted by molar-refractivity contribution is 5.93. The van der Waals surface area contributed by atoms with E-state index in [0.29, 0.717) is 36.6 Å². The molecule has 0 heterocycles. The Kier molecular flexibility index (Phi) is 7.50. The van der Waals surface area contributed by atoms with Gasteiger partial charge in [0.1, 0.15) is 5.75 Å². The Labute approximate surface area is 120 Å². The van der Waals surface area contributed by atoms with E-state index in [1.165, 1.54) is 0 Å². The van der Waals surface area contributed by atoms with E-state index in [4.69, 9.17) is 15.2 Å². The maximum atomic E-state index is 11.8. The van der Waals surface area contributed by atoms with Gasteiger partial charge in [0.2, 0.25) is 5.91 Å². The lowest BCUT2D eigenvalue weighted by atomic mass is 10.2. The highest BCUT2D eigenvalue weighted by atomic mass is 16.5. The SMILES string of the molecule is CCCCOCCCC(=O)Nc1ccc(OC)cc1N. The summed E-state index contributed by atoms with van der Waals surface area (Å²) in [7, 11) is 1.57. The number of nitrogens with two attached hydrogens (primary N) is 1. The summed E-state index contributed by atoms with van der Waals surface area (Å²) in [5.74, 6) is 0.616. The largest absolute Gasteiger partial charge is 0.497 e. The first kappa shape index (κ1) is 16.3. The smallest absolute Gasteiger partial charge is 0.224 e. The zero-order valence-electron chi connectivity index (χ0n) is 12.3. The predicted octanol–water partition coefficient (Wildman–Crippen LogP) is 2.81. The van der Waals surface area contributed by atoms with Crippen LogP contribution in [0, 0.1) is 0 Å². The van der Waals surface area contributed by atoms with Crippen LogP contribution in [0.2, 0.25) is 0 Å². The second kappa shape index (κ2) is 9.20. The zero-order chi connectivity index (χ0) is 14.8. The van der Waals surface area contributed by atoms with Gasteiger partial charge in [-0.2, -0.15) is 0 Å². The number of hydrogen-bond acceptors (Lipinski definition) is 4. The van der Waals surface area contributed by atoms with Crippen LogP contribution in [0.25, 0.3) is 0 Å². The van der Waals surface area contributed by atoms with Gasteiger partial charge >= 0.3 is 0 Å². The topological polar surface area (TPSA) is 73.6 Å². The molecule has 1 amide bonds. The number of carbonyl (C=O) groups is 1. The van der Waals surface area contributed by atoms with Crippen molar-refractivity contribution in [2.24, 2.45) is 0 Å². The van der Waals surface area contributed by atoms with Crippen LogP contribution < -0.4 is 15.8 Å². The molecule has 112 valence electrons. The van der Waals surface area contributed by atoms with E-state index < -0.39 is 0 Å². The molecular formula is C15H24N2O3. The Morgan fingerprint density at radius 3 is 2.70 bits per heavy atom. The first-order valence-corrected chi connectivity index (χ1v) is 6.98. The number of carbonyl (C=O) groups excluding carboxylic acids is 1. The van der Waals surface area contributed by atoms with Crippen molar-refractivity contribution in [2.45, 2.75) is 32.6 Å². The van der Waals surface area contributed by atoms with Crippen molar-refractivity contribution >= 4 is 17.3 Å². The number of rotatable bonds is 9. The van der Waals surface area contributed by atoms with Gasteiger partial charge < -0.3 is 20.5 Å². The zero-order valence-corrected chi connectivity index (χ0v) is 12.3. The monoisotopic (exact) mass is 280 g/mol. The van der Waals surface area contributed by atoms with Crippen LogP contribution in [-0.2, 0) is 9.53 Å². The van der Waals surface area contributed by atoms with Gasteiger partial charge in [0.15, 0.2) is 0 Å². The quantitative estimate of drug-likeness (QED) is 0.539. The normalized spacial score (nSPS) is 10.3. The summed E-state index contributed by atoms with van der Waals surface area (Å²) in [5, 5.41) is 2.79. The van der Waals surface area contributed by atoms with E-state index in [1.807, 2.05) is 0 Å². The third-order valence-corrected chi connectivity index (χ3v) is 2.87. The molecule has 0 saturated carbocycles. The molecule has 0 unspecified atom stereocenters. The van der Waals surface area contributed by atoms with Crippen LogP contribution >= 0.6 is 0 Å². The maximum Gasteiger partial charge on any atom is 0.224 e. The van der Waals surface area contributed by atoms with Crippen molar-refractivity contribution in [1.29, 1.82) is 0 Å². The number of amides is 1. The van der Waals surface area contributed by atoms with Crippen molar-refractivity contribution in [3.63, 3.8) is 0 Å². The number of nitrogens with one attached hydrogen (secondary N) is 1. The molecule has 3 N–H and O–H groups in total. The fraction of sp³-hybridized carbons (Fsp3) is 0.533. The highest BCUT2D eigenvalue weighted by Crippen LogP contribution is 2.24. The van der Waals surface area contributed by atoms with Gasteiger partial charge in [0.05, 0.1) is 18.5 Å². The average molecular weight is 280 g/mol. The first-order valence-electron chi connectivity index (χ1n) is 6.98. The number of benzene rings is 1. The highest BCUT2D eigenvalue weighted by Gasteiger charge is 2.06. The molecule has 5 nitrogen and oxygen atoms in total. The lowest BCUT2D eigenvalue weighted by Gasteiger charge is -2.09. The first-order chi connectivity index (χ1) is 9.67. The fourth-order valence-corrected chi connectivity index (χ4v) is 1.68. The van der Waals surface area contributed by atoms with Crippen molar-refractivity contribution in [3.8, 4) is 5.75 Å². The molecular weight excluding hydrogens is 256 g/mol. The average Bonchev–Trinajstić information content (AvgIpc) is 2.45. The number of ether oxygens (including phenoxy) is 2. The molecule has 0 bridgehead atoms. The third kappa shape index (κ3) is 5.93.